The van der Waals surface area contributed by atoms with E-state index in [-0.39, 0.29) is 12.2 Å². The minimum Gasteiger partial charge on any atom is -0.393 e. The molecule has 21 heavy (non-hydrogen) atoms. The van der Waals surface area contributed by atoms with Crippen LogP contribution in [-0.2, 0) is 0 Å². The summed E-state index contributed by atoms with van der Waals surface area (Å²) >= 11 is 0. The largest absolute Gasteiger partial charge is 0.393 e. The van der Waals surface area contributed by atoms with Crippen LogP contribution in [0.15, 0.2) is 0 Å². The summed E-state index contributed by atoms with van der Waals surface area (Å²) in [4.78, 5) is 0. The van der Waals surface area contributed by atoms with Crippen molar-refractivity contribution in [2.75, 3.05) is 0 Å². The summed E-state index contributed by atoms with van der Waals surface area (Å²) < 4.78 is 0. The third-order valence-corrected chi connectivity index (χ3v) is 4.44. The monoisotopic (exact) mass is 300 g/mol. The lowest BCUT2D eigenvalue weighted by molar-refractivity contribution is 0.125. The molecule has 0 saturated carbocycles. The Kier molecular flexibility index (Phi) is 16.2. The van der Waals surface area contributed by atoms with Crippen LogP contribution in [0, 0.1) is 0 Å². The third-order valence-electron chi connectivity index (χ3n) is 4.44. The molecule has 0 spiro atoms. The predicted molar refractivity (Wildman–Crippen MR) is 92.6 cm³/mol. The molecule has 0 aromatic carbocycles. The average Bonchev–Trinajstić information content (AvgIpc) is 2.49. The van der Waals surface area contributed by atoms with Crippen molar-refractivity contribution in [3.63, 3.8) is 0 Å². The van der Waals surface area contributed by atoms with E-state index < -0.39 is 0 Å². The van der Waals surface area contributed by atoms with Gasteiger partial charge in [-0.15, -0.1) is 0 Å². The molecular weight excluding hydrogens is 260 g/mol. The van der Waals surface area contributed by atoms with Crippen molar-refractivity contribution >= 4 is 0 Å². The molecule has 0 aliphatic rings. The Labute approximate surface area is 133 Å². The highest BCUT2D eigenvalue weighted by molar-refractivity contribution is 4.60. The van der Waals surface area contributed by atoms with Crippen LogP contribution in [0.2, 0.25) is 0 Å². The Morgan fingerprint density at radius 1 is 0.524 bits per heavy atom. The summed E-state index contributed by atoms with van der Waals surface area (Å²) in [5.74, 6) is 0. The van der Waals surface area contributed by atoms with Crippen LogP contribution in [0.4, 0.5) is 0 Å². The van der Waals surface area contributed by atoms with Crippen LogP contribution >= 0.6 is 0 Å². The van der Waals surface area contributed by atoms with E-state index in [1.807, 2.05) is 6.92 Å². The highest BCUT2D eigenvalue weighted by Gasteiger charge is 2.06. The lowest BCUT2D eigenvalue weighted by Gasteiger charge is -2.12. The van der Waals surface area contributed by atoms with Crippen LogP contribution in [0.1, 0.15) is 110 Å². The second-order valence-electron chi connectivity index (χ2n) is 6.62. The molecule has 0 aliphatic heterocycles. The molecular formula is C19H40O2. The van der Waals surface area contributed by atoms with Gasteiger partial charge in [0.2, 0.25) is 0 Å². The molecule has 0 rings (SSSR count). The van der Waals surface area contributed by atoms with E-state index in [0.717, 1.165) is 38.5 Å². The topological polar surface area (TPSA) is 40.5 Å². The molecule has 2 nitrogen and oxygen atoms in total. The lowest BCUT2D eigenvalue weighted by Crippen LogP contribution is -2.09. The molecule has 0 bridgehead atoms. The molecule has 0 heterocycles. The van der Waals surface area contributed by atoms with Crippen molar-refractivity contribution in [2.24, 2.45) is 0 Å². The zero-order valence-corrected chi connectivity index (χ0v) is 14.7. The molecule has 0 radical (unpaired) electrons. The van der Waals surface area contributed by atoms with E-state index in [1.165, 1.54) is 57.8 Å². The third kappa shape index (κ3) is 16.1. The smallest absolute Gasteiger partial charge is 0.0540 e. The standard InChI is InChI=1S/C19H40O2/c1-3-5-6-7-8-9-10-11-12-13-15-19(21)17-14-16-18(20)4-2/h18-21H,3-17H2,1-2H3. The van der Waals surface area contributed by atoms with Gasteiger partial charge in [-0.2, -0.15) is 0 Å². The fourth-order valence-electron chi connectivity index (χ4n) is 2.80. The van der Waals surface area contributed by atoms with E-state index >= 15 is 0 Å². The van der Waals surface area contributed by atoms with Crippen LogP contribution in [0.3, 0.4) is 0 Å². The molecule has 0 saturated heterocycles. The summed E-state index contributed by atoms with van der Waals surface area (Å²) in [7, 11) is 0. The fraction of sp³-hybridized carbons (Fsp3) is 1.00. The Morgan fingerprint density at radius 3 is 1.48 bits per heavy atom. The zero-order valence-electron chi connectivity index (χ0n) is 14.7. The first-order valence-electron chi connectivity index (χ1n) is 9.56. The lowest BCUT2D eigenvalue weighted by atomic mass is 10.0. The van der Waals surface area contributed by atoms with Gasteiger partial charge in [0.1, 0.15) is 0 Å². The van der Waals surface area contributed by atoms with Crippen molar-refractivity contribution in [1.82, 2.24) is 0 Å². The highest BCUT2D eigenvalue weighted by atomic mass is 16.3. The van der Waals surface area contributed by atoms with Gasteiger partial charge in [0.15, 0.2) is 0 Å². The maximum absolute atomic E-state index is 9.88. The van der Waals surface area contributed by atoms with Crippen LogP contribution in [0.25, 0.3) is 0 Å². The number of unbranched alkanes of at least 4 members (excludes halogenated alkanes) is 9. The summed E-state index contributed by atoms with van der Waals surface area (Å²) in [6, 6.07) is 0. The molecule has 2 unspecified atom stereocenters. The number of aliphatic hydroxyl groups is 2. The summed E-state index contributed by atoms with van der Waals surface area (Å²) in [5, 5.41) is 19.3. The van der Waals surface area contributed by atoms with Gasteiger partial charge >= 0.3 is 0 Å². The van der Waals surface area contributed by atoms with Gasteiger partial charge in [0.25, 0.3) is 0 Å². The van der Waals surface area contributed by atoms with E-state index in [1.54, 1.807) is 0 Å². The Bertz CT molecular complexity index is 194. The summed E-state index contributed by atoms with van der Waals surface area (Å²) in [6.07, 6.45) is 17.6. The molecule has 0 fully saturated rings. The number of rotatable bonds is 16. The van der Waals surface area contributed by atoms with Crippen molar-refractivity contribution in [3.8, 4) is 0 Å². The van der Waals surface area contributed by atoms with E-state index in [9.17, 15) is 10.2 Å². The zero-order chi connectivity index (χ0) is 15.8. The van der Waals surface area contributed by atoms with Crippen molar-refractivity contribution in [2.45, 2.75) is 122 Å². The van der Waals surface area contributed by atoms with Gasteiger partial charge in [-0.3, -0.25) is 0 Å². The number of aliphatic hydroxyl groups excluding tert-OH is 2. The quantitative estimate of drug-likeness (QED) is 0.364. The maximum atomic E-state index is 9.88. The SMILES string of the molecule is CCCCCCCCCCCCC(O)CCCC(O)CC. The molecule has 128 valence electrons. The average molecular weight is 301 g/mol. The van der Waals surface area contributed by atoms with E-state index in [4.69, 9.17) is 0 Å². The van der Waals surface area contributed by atoms with Gasteiger partial charge in [-0.1, -0.05) is 78.1 Å². The van der Waals surface area contributed by atoms with Crippen molar-refractivity contribution < 1.29 is 10.2 Å². The first-order chi connectivity index (χ1) is 10.2. The Morgan fingerprint density at radius 2 is 0.952 bits per heavy atom. The molecule has 0 amide bonds. The first-order valence-corrected chi connectivity index (χ1v) is 9.56. The van der Waals surface area contributed by atoms with Gasteiger partial charge in [-0.05, 0) is 32.1 Å². The molecule has 0 aliphatic carbocycles. The first kappa shape index (κ1) is 20.9. The van der Waals surface area contributed by atoms with Gasteiger partial charge in [0, 0.05) is 0 Å². The summed E-state index contributed by atoms with van der Waals surface area (Å²) in [6.45, 7) is 4.27. The highest BCUT2D eigenvalue weighted by Crippen LogP contribution is 2.14. The second kappa shape index (κ2) is 16.3. The molecule has 2 heteroatoms. The number of hydrogen-bond donors (Lipinski definition) is 2. The van der Waals surface area contributed by atoms with E-state index in [2.05, 4.69) is 6.92 Å². The van der Waals surface area contributed by atoms with Gasteiger partial charge < -0.3 is 10.2 Å². The molecule has 2 atom stereocenters. The minimum atomic E-state index is -0.172. The number of hydrogen-bond acceptors (Lipinski definition) is 2. The van der Waals surface area contributed by atoms with Crippen LogP contribution < -0.4 is 0 Å². The Balaban J connectivity index is 3.16. The Hall–Kier alpha value is -0.0800. The second-order valence-corrected chi connectivity index (χ2v) is 6.62. The normalized spacial score (nSPS) is 14.3. The molecule has 0 aromatic rings. The van der Waals surface area contributed by atoms with Crippen LogP contribution in [-0.4, -0.2) is 22.4 Å². The fourth-order valence-corrected chi connectivity index (χ4v) is 2.80. The summed E-state index contributed by atoms with van der Waals surface area (Å²) in [5.41, 5.74) is 0. The van der Waals surface area contributed by atoms with E-state index in [0.29, 0.717) is 0 Å². The predicted octanol–water partition coefficient (Wildman–Crippen LogP) is 5.60. The van der Waals surface area contributed by atoms with Gasteiger partial charge in [-0.25, -0.2) is 0 Å². The van der Waals surface area contributed by atoms with Crippen molar-refractivity contribution in [3.05, 3.63) is 0 Å². The minimum absolute atomic E-state index is 0.150. The van der Waals surface area contributed by atoms with Crippen molar-refractivity contribution in [1.29, 1.82) is 0 Å². The maximum Gasteiger partial charge on any atom is 0.0540 e. The van der Waals surface area contributed by atoms with Crippen LogP contribution in [0.5, 0.6) is 0 Å². The molecule has 0 aromatic heterocycles. The van der Waals surface area contributed by atoms with Gasteiger partial charge in [0.05, 0.1) is 12.2 Å². The molecule has 2 N–H and O–H groups in total.